The second-order valence-corrected chi connectivity index (χ2v) is 8.51. The number of hydrogen-bond donors (Lipinski definition) is 0. The van der Waals surface area contributed by atoms with Crippen LogP contribution in [0.15, 0.2) is 51.9 Å². The third kappa shape index (κ3) is 3.60. The highest BCUT2D eigenvalue weighted by Crippen LogP contribution is 2.24. The Balaban J connectivity index is 1.44. The number of fused-ring (bicyclic) bond motifs is 1. The number of halogens is 2. The molecule has 0 radical (unpaired) electrons. The van der Waals surface area contributed by atoms with E-state index in [1.807, 2.05) is 12.1 Å². The predicted molar refractivity (Wildman–Crippen MR) is 99.4 cm³/mol. The highest BCUT2D eigenvalue weighted by molar-refractivity contribution is 7.89. The zero-order valence-electron chi connectivity index (χ0n) is 15.2. The lowest BCUT2D eigenvalue weighted by molar-refractivity contribution is -0.131. The zero-order chi connectivity index (χ0) is 20.6. The number of aromatic nitrogens is 1. The first-order chi connectivity index (χ1) is 13.9. The summed E-state index contributed by atoms with van der Waals surface area (Å²) in [5, 5.41) is 4.68. The standard InChI is InChI=1S/C19H17F2N3O4S/c20-14-5-3-6-15(21)19(14)29(26,27)24-10-8-23(9-11-24)18(25)12-16-13-4-1-2-7-17(13)28-22-16/h1-7H,8-12H2. The van der Waals surface area contributed by atoms with Crippen molar-refractivity contribution in [1.29, 1.82) is 0 Å². The van der Waals surface area contributed by atoms with E-state index in [0.29, 0.717) is 11.3 Å². The minimum Gasteiger partial charge on any atom is -0.356 e. The summed E-state index contributed by atoms with van der Waals surface area (Å²) in [7, 11) is -4.33. The second-order valence-electron chi connectivity index (χ2n) is 6.64. The van der Waals surface area contributed by atoms with Gasteiger partial charge in [-0.15, -0.1) is 0 Å². The van der Waals surface area contributed by atoms with E-state index in [4.69, 9.17) is 4.52 Å². The Bertz CT molecular complexity index is 1150. The maximum Gasteiger partial charge on any atom is 0.249 e. The first kappa shape index (κ1) is 19.5. The maximum atomic E-state index is 13.9. The fraction of sp³-hybridized carbons (Fsp3) is 0.263. The number of rotatable bonds is 4. The molecular weight excluding hydrogens is 404 g/mol. The van der Waals surface area contributed by atoms with Crippen molar-refractivity contribution >= 4 is 26.9 Å². The van der Waals surface area contributed by atoms with E-state index in [0.717, 1.165) is 27.9 Å². The van der Waals surface area contributed by atoms with Gasteiger partial charge in [0.1, 0.15) is 17.3 Å². The molecule has 0 unspecified atom stereocenters. The van der Waals surface area contributed by atoms with Crippen LogP contribution in [0.1, 0.15) is 5.69 Å². The van der Waals surface area contributed by atoms with Crippen LogP contribution < -0.4 is 0 Å². The van der Waals surface area contributed by atoms with E-state index >= 15 is 0 Å². The first-order valence-corrected chi connectivity index (χ1v) is 10.4. The van der Waals surface area contributed by atoms with E-state index in [-0.39, 0.29) is 38.5 Å². The van der Waals surface area contributed by atoms with Crippen LogP contribution in [0.2, 0.25) is 0 Å². The minimum absolute atomic E-state index is 0.0195. The normalized spacial score (nSPS) is 15.7. The Morgan fingerprint density at radius 2 is 1.66 bits per heavy atom. The molecule has 0 spiro atoms. The maximum absolute atomic E-state index is 13.9. The summed E-state index contributed by atoms with van der Waals surface area (Å²) >= 11 is 0. The molecule has 7 nitrogen and oxygen atoms in total. The molecule has 1 saturated heterocycles. The van der Waals surface area contributed by atoms with Gasteiger partial charge in [-0.25, -0.2) is 17.2 Å². The molecule has 0 saturated carbocycles. The quantitative estimate of drug-likeness (QED) is 0.645. The summed E-state index contributed by atoms with van der Waals surface area (Å²) < 4.78 is 59.3. The van der Waals surface area contributed by atoms with Crippen molar-refractivity contribution in [2.24, 2.45) is 0 Å². The summed E-state index contributed by atoms with van der Waals surface area (Å²) in [4.78, 5) is 13.1. The molecule has 1 aromatic heterocycles. The van der Waals surface area contributed by atoms with E-state index in [9.17, 15) is 22.0 Å². The Hall–Kier alpha value is -2.85. The average Bonchev–Trinajstić information content (AvgIpc) is 3.11. The number of carbonyl (C=O) groups is 1. The molecule has 2 heterocycles. The van der Waals surface area contributed by atoms with Crippen molar-refractivity contribution in [2.45, 2.75) is 11.3 Å². The second kappa shape index (κ2) is 7.53. The molecule has 29 heavy (non-hydrogen) atoms. The number of benzene rings is 2. The number of nitrogens with zero attached hydrogens (tertiary/aromatic N) is 3. The van der Waals surface area contributed by atoms with Crippen molar-refractivity contribution in [3.05, 3.63) is 59.8 Å². The Morgan fingerprint density at radius 1 is 1.00 bits per heavy atom. The number of para-hydroxylation sites is 1. The molecule has 10 heteroatoms. The average molecular weight is 421 g/mol. The van der Waals surface area contributed by atoms with E-state index < -0.39 is 26.6 Å². The Labute approximate surface area is 165 Å². The zero-order valence-corrected chi connectivity index (χ0v) is 16.0. The van der Waals surface area contributed by atoms with Gasteiger partial charge in [0.05, 0.1) is 6.42 Å². The van der Waals surface area contributed by atoms with Gasteiger partial charge in [-0.2, -0.15) is 4.31 Å². The lowest BCUT2D eigenvalue weighted by Gasteiger charge is -2.34. The van der Waals surface area contributed by atoms with Crippen LogP contribution in [-0.4, -0.2) is 54.9 Å². The third-order valence-corrected chi connectivity index (χ3v) is 6.83. The summed E-state index contributed by atoms with van der Waals surface area (Å²) in [6.07, 6.45) is 0.0195. The van der Waals surface area contributed by atoms with Gasteiger partial charge in [-0.3, -0.25) is 4.79 Å². The van der Waals surface area contributed by atoms with Crippen molar-refractivity contribution in [3.63, 3.8) is 0 Å². The van der Waals surface area contributed by atoms with Crippen LogP contribution in [0.25, 0.3) is 11.0 Å². The van der Waals surface area contributed by atoms with Crippen LogP contribution in [0.3, 0.4) is 0 Å². The van der Waals surface area contributed by atoms with E-state index in [1.165, 1.54) is 4.90 Å². The highest BCUT2D eigenvalue weighted by Gasteiger charge is 2.34. The lowest BCUT2D eigenvalue weighted by Crippen LogP contribution is -2.51. The SMILES string of the molecule is O=C(Cc1noc2ccccc12)N1CCN(S(=O)(=O)c2c(F)cccc2F)CC1. The first-order valence-electron chi connectivity index (χ1n) is 8.93. The van der Waals surface area contributed by atoms with Crippen LogP contribution in [0, 0.1) is 11.6 Å². The van der Waals surface area contributed by atoms with Gasteiger partial charge in [0.2, 0.25) is 15.9 Å². The molecule has 0 aliphatic carbocycles. The smallest absolute Gasteiger partial charge is 0.249 e. The van der Waals surface area contributed by atoms with E-state index in [1.54, 1.807) is 12.1 Å². The Kier molecular flexibility index (Phi) is 5.05. The number of piperazine rings is 1. The van der Waals surface area contributed by atoms with Crippen LogP contribution in [-0.2, 0) is 21.2 Å². The monoisotopic (exact) mass is 421 g/mol. The van der Waals surface area contributed by atoms with Gasteiger partial charge < -0.3 is 9.42 Å². The van der Waals surface area contributed by atoms with Gasteiger partial charge in [-0.05, 0) is 24.3 Å². The molecule has 1 aliphatic heterocycles. The number of carbonyl (C=O) groups excluding carboxylic acids is 1. The number of amides is 1. The van der Waals surface area contributed by atoms with Crippen LogP contribution in [0.4, 0.5) is 8.78 Å². The molecule has 3 aromatic rings. The van der Waals surface area contributed by atoms with Gasteiger partial charge >= 0.3 is 0 Å². The van der Waals surface area contributed by atoms with Crippen molar-refractivity contribution in [3.8, 4) is 0 Å². The molecule has 152 valence electrons. The molecule has 0 N–H and O–H groups in total. The lowest BCUT2D eigenvalue weighted by atomic mass is 10.1. The molecule has 1 aliphatic rings. The fourth-order valence-electron chi connectivity index (χ4n) is 3.36. The largest absolute Gasteiger partial charge is 0.356 e. The van der Waals surface area contributed by atoms with Crippen molar-refractivity contribution < 1.29 is 26.5 Å². The van der Waals surface area contributed by atoms with Crippen molar-refractivity contribution in [1.82, 2.24) is 14.4 Å². The summed E-state index contributed by atoms with van der Waals surface area (Å²) in [5.74, 6) is -2.50. The summed E-state index contributed by atoms with van der Waals surface area (Å²) in [5.41, 5.74) is 1.09. The van der Waals surface area contributed by atoms with E-state index in [2.05, 4.69) is 5.16 Å². The molecule has 0 atom stereocenters. The number of hydrogen-bond acceptors (Lipinski definition) is 5. The molecule has 2 aromatic carbocycles. The third-order valence-electron chi connectivity index (χ3n) is 4.88. The minimum atomic E-state index is -4.33. The Morgan fingerprint density at radius 3 is 2.34 bits per heavy atom. The van der Waals surface area contributed by atoms with Crippen LogP contribution in [0.5, 0.6) is 0 Å². The summed E-state index contributed by atoms with van der Waals surface area (Å²) in [6, 6.07) is 10.1. The number of sulfonamides is 1. The van der Waals surface area contributed by atoms with Gasteiger partial charge in [0, 0.05) is 31.6 Å². The van der Waals surface area contributed by atoms with Gasteiger partial charge in [-0.1, -0.05) is 23.4 Å². The fourth-order valence-corrected chi connectivity index (χ4v) is 4.89. The molecule has 0 bridgehead atoms. The topological polar surface area (TPSA) is 83.7 Å². The molecule has 1 amide bonds. The van der Waals surface area contributed by atoms with Crippen LogP contribution >= 0.6 is 0 Å². The highest BCUT2D eigenvalue weighted by atomic mass is 32.2. The van der Waals surface area contributed by atoms with Gasteiger partial charge in [0.25, 0.3) is 0 Å². The molecule has 4 rings (SSSR count). The predicted octanol–water partition coefficient (Wildman–Crippen LogP) is 2.18. The molecule has 1 fully saturated rings. The van der Waals surface area contributed by atoms with Gasteiger partial charge in [0.15, 0.2) is 10.5 Å². The summed E-state index contributed by atoms with van der Waals surface area (Å²) in [6.45, 7) is 0.122. The van der Waals surface area contributed by atoms with Crippen molar-refractivity contribution in [2.75, 3.05) is 26.2 Å². The molecular formula is C19H17F2N3O4S.